The summed E-state index contributed by atoms with van der Waals surface area (Å²) in [5, 5.41) is 3.49. The predicted molar refractivity (Wildman–Crippen MR) is 64.1 cm³/mol. The first-order valence-electron chi connectivity index (χ1n) is 5.63. The molecule has 0 radical (unpaired) electrons. The number of methoxy groups -OCH3 is 1. The van der Waals surface area contributed by atoms with E-state index < -0.39 is 0 Å². The van der Waals surface area contributed by atoms with E-state index in [0.717, 1.165) is 26.0 Å². The lowest BCUT2D eigenvalue weighted by molar-refractivity contribution is 0.195. The molecule has 15 heavy (non-hydrogen) atoms. The third-order valence-electron chi connectivity index (χ3n) is 2.56. The third kappa shape index (κ3) is 4.96. The van der Waals surface area contributed by atoms with Crippen molar-refractivity contribution in [2.75, 3.05) is 20.3 Å². The molecule has 0 amide bonds. The Morgan fingerprint density at radius 3 is 2.60 bits per heavy atom. The molecule has 1 aromatic carbocycles. The second-order valence-corrected chi connectivity index (χ2v) is 3.74. The van der Waals surface area contributed by atoms with Crippen molar-refractivity contribution in [3.8, 4) is 0 Å². The summed E-state index contributed by atoms with van der Waals surface area (Å²) in [5.41, 5.74) is 1.40. The fourth-order valence-electron chi connectivity index (χ4n) is 1.62. The van der Waals surface area contributed by atoms with E-state index in [1.54, 1.807) is 7.11 Å². The van der Waals surface area contributed by atoms with Gasteiger partial charge in [0.05, 0.1) is 6.61 Å². The van der Waals surface area contributed by atoms with Gasteiger partial charge in [-0.05, 0) is 18.4 Å². The molecule has 0 spiro atoms. The maximum absolute atomic E-state index is 5.02. The summed E-state index contributed by atoms with van der Waals surface area (Å²) in [6.07, 6.45) is 2.25. The van der Waals surface area contributed by atoms with E-state index in [1.807, 2.05) is 0 Å². The minimum Gasteiger partial charge on any atom is -0.383 e. The topological polar surface area (TPSA) is 21.3 Å². The molecule has 0 aromatic heterocycles. The molecule has 1 N–H and O–H groups in total. The minimum absolute atomic E-state index is 0.558. The first-order valence-corrected chi connectivity index (χ1v) is 5.63. The van der Waals surface area contributed by atoms with Crippen LogP contribution in [-0.2, 0) is 11.2 Å². The van der Waals surface area contributed by atoms with E-state index in [-0.39, 0.29) is 0 Å². The molecular weight excluding hydrogens is 186 g/mol. The summed E-state index contributed by atoms with van der Waals surface area (Å²) in [6.45, 7) is 3.93. The SMILES string of the molecule is CC[C@@H](Cc1ccccc1)NCCOC. The molecule has 2 heteroatoms. The Morgan fingerprint density at radius 2 is 2.00 bits per heavy atom. The highest BCUT2D eigenvalue weighted by molar-refractivity contribution is 5.15. The van der Waals surface area contributed by atoms with Crippen LogP contribution in [0.3, 0.4) is 0 Å². The van der Waals surface area contributed by atoms with Gasteiger partial charge in [-0.2, -0.15) is 0 Å². The van der Waals surface area contributed by atoms with Crippen LogP contribution in [0.5, 0.6) is 0 Å². The van der Waals surface area contributed by atoms with Gasteiger partial charge in [-0.15, -0.1) is 0 Å². The van der Waals surface area contributed by atoms with Gasteiger partial charge in [0.15, 0.2) is 0 Å². The lowest BCUT2D eigenvalue weighted by atomic mass is 10.0. The molecule has 2 nitrogen and oxygen atoms in total. The molecule has 0 heterocycles. The Labute approximate surface area is 92.6 Å². The lowest BCUT2D eigenvalue weighted by Gasteiger charge is -2.16. The van der Waals surface area contributed by atoms with Crippen LogP contribution < -0.4 is 5.32 Å². The first-order chi connectivity index (χ1) is 7.36. The molecule has 1 aromatic rings. The van der Waals surface area contributed by atoms with Crippen molar-refractivity contribution in [2.24, 2.45) is 0 Å². The molecule has 1 rings (SSSR count). The Hall–Kier alpha value is -0.860. The Kier molecular flexibility index (Phi) is 6.05. The molecule has 0 bridgehead atoms. The second-order valence-electron chi connectivity index (χ2n) is 3.74. The summed E-state index contributed by atoms with van der Waals surface area (Å²) in [5.74, 6) is 0. The summed E-state index contributed by atoms with van der Waals surface area (Å²) in [4.78, 5) is 0. The van der Waals surface area contributed by atoms with Crippen LogP contribution in [-0.4, -0.2) is 26.3 Å². The van der Waals surface area contributed by atoms with Crippen molar-refractivity contribution in [2.45, 2.75) is 25.8 Å². The van der Waals surface area contributed by atoms with Gasteiger partial charge in [0.1, 0.15) is 0 Å². The quantitative estimate of drug-likeness (QED) is 0.692. The lowest BCUT2D eigenvalue weighted by Crippen LogP contribution is -2.33. The first kappa shape index (κ1) is 12.2. The number of benzene rings is 1. The fourth-order valence-corrected chi connectivity index (χ4v) is 1.62. The fraction of sp³-hybridized carbons (Fsp3) is 0.538. The standard InChI is InChI=1S/C13H21NO/c1-3-13(14-9-10-15-2)11-12-7-5-4-6-8-12/h4-8,13-14H,3,9-11H2,1-2H3/t13-/m0/s1. The van der Waals surface area contributed by atoms with E-state index in [1.165, 1.54) is 5.56 Å². The van der Waals surface area contributed by atoms with Crippen LogP contribution in [0, 0.1) is 0 Å². The van der Waals surface area contributed by atoms with Gasteiger partial charge >= 0.3 is 0 Å². The van der Waals surface area contributed by atoms with Crippen molar-refractivity contribution in [1.29, 1.82) is 0 Å². The van der Waals surface area contributed by atoms with Gasteiger partial charge < -0.3 is 10.1 Å². The summed E-state index contributed by atoms with van der Waals surface area (Å²) >= 11 is 0. The van der Waals surface area contributed by atoms with Gasteiger partial charge in [-0.25, -0.2) is 0 Å². The second kappa shape index (κ2) is 7.43. The van der Waals surface area contributed by atoms with Gasteiger partial charge in [0.25, 0.3) is 0 Å². The van der Waals surface area contributed by atoms with Crippen molar-refractivity contribution in [3.63, 3.8) is 0 Å². The molecule has 0 saturated heterocycles. The molecule has 1 atom stereocenters. The molecule has 0 aliphatic rings. The van der Waals surface area contributed by atoms with E-state index in [0.29, 0.717) is 6.04 Å². The number of nitrogens with one attached hydrogen (secondary N) is 1. The van der Waals surface area contributed by atoms with Crippen molar-refractivity contribution >= 4 is 0 Å². The van der Waals surface area contributed by atoms with Crippen LogP contribution in [0.4, 0.5) is 0 Å². The zero-order valence-electron chi connectivity index (χ0n) is 9.70. The van der Waals surface area contributed by atoms with Crippen LogP contribution in [0.15, 0.2) is 30.3 Å². The maximum Gasteiger partial charge on any atom is 0.0587 e. The molecule has 0 aliphatic heterocycles. The van der Waals surface area contributed by atoms with Crippen molar-refractivity contribution < 1.29 is 4.74 Å². The van der Waals surface area contributed by atoms with Gasteiger partial charge in [-0.3, -0.25) is 0 Å². The maximum atomic E-state index is 5.02. The smallest absolute Gasteiger partial charge is 0.0587 e. The highest BCUT2D eigenvalue weighted by atomic mass is 16.5. The van der Waals surface area contributed by atoms with Crippen molar-refractivity contribution in [3.05, 3.63) is 35.9 Å². The summed E-state index contributed by atoms with van der Waals surface area (Å²) in [6, 6.07) is 11.2. The van der Waals surface area contributed by atoms with Gasteiger partial charge in [0.2, 0.25) is 0 Å². The largest absolute Gasteiger partial charge is 0.383 e. The highest BCUT2D eigenvalue weighted by Gasteiger charge is 2.05. The number of hydrogen-bond donors (Lipinski definition) is 1. The van der Waals surface area contributed by atoms with Gasteiger partial charge in [0, 0.05) is 19.7 Å². The van der Waals surface area contributed by atoms with E-state index >= 15 is 0 Å². The number of ether oxygens (including phenoxy) is 1. The predicted octanol–water partition coefficient (Wildman–Crippen LogP) is 2.24. The van der Waals surface area contributed by atoms with Crippen LogP contribution in [0.2, 0.25) is 0 Å². The normalized spacial score (nSPS) is 12.7. The molecule has 84 valence electrons. The zero-order chi connectivity index (χ0) is 10.9. The van der Waals surface area contributed by atoms with Gasteiger partial charge in [-0.1, -0.05) is 37.3 Å². The van der Waals surface area contributed by atoms with Crippen LogP contribution >= 0.6 is 0 Å². The minimum atomic E-state index is 0.558. The number of hydrogen-bond acceptors (Lipinski definition) is 2. The zero-order valence-corrected chi connectivity index (χ0v) is 9.70. The molecule has 0 aliphatic carbocycles. The molecule has 0 fully saturated rings. The Bertz CT molecular complexity index is 248. The van der Waals surface area contributed by atoms with Crippen LogP contribution in [0.1, 0.15) is 18.9 Å². The average molecular weight is 207 g/mol. The monoisotopic (exact) mass is 207 g/mol. The average Bonchev–Trinajstić information content (AvgIpc) is 2.29. The highest BCUT2D eigenvalue weighted by Crippen LogP contribution is 2.05. The van der Waals surface area contributed by atoms with E-state index in [9.17, 15) is 0 Å². The summed E-state index contributed by atoms with van der Waals surface area (Å²) < 4.78 is 5.02. The molecular formula is C13H21NO. The summed E-state index contributed by atoms with van der Waals surface area (Å²) in [7, 11) is 1.74. The third-order valence-corrected chi connectivity index (χ3v) is 2.56. The molecule has 0 unspecified atom stereocenters. The molecule has 0 saturated carbocycles. The Balaban J connectivity index is 2.33. The van der Waals surface area contributed by atoms with E-state index in [4.69, 9.17) is 4.74 Å². The number of rotatable bonds is 7. The van der Waals surface area contributed by atoms with Crippen molar-refractivity contribution in [1.82, 2.24) is 5.32 Å². The Morgan fingerprint density at radius 1 is 1.27 bits per heavy atom. The van der Waals surface area contributed by atoms with Crippen LogP contribution in [0.25, 0.3) is 0 Å². The van der Waals surface area contributed by atoms with E-state index in [2.05, 4.69) is 42.6 Å².